The van der Waals surface area contributed by atoms with Crippen LogP contribution in [0, 0.1) is 13.8 Å². The van der Waals surface area contributed by atoms with E-state index in [1.807, 2.05) is 44.2 Å². The van der Waals surface area contributed by atoms with Gasteiger partial charge in [-0.3, -0.25) is 4.79 Å². The molecular weight excluding hydrogens is 368 g/mol. The predicted octanol–water partition coefficient (Wildman–Crippen LogP) is 1.90. The molecule has 2 aromatic rings. The summed E-state index contributed by atoms with van der Waals surface area (Å²) in [5.41, 5.74) is 4.42. The third kappa shape index (κ3) is 5.89. The van der Waals surface area contributed by atoms with Crippen molar-refractivity contribution in [3.8, 4) is 0 Å². The number of quaternary nitrogens is 1. The van der Waals surface area contributed by atoms with E-state index in [4.69, 9.17) is 9.47 Å². The molecule has 0 radical (unpaired) electrons. The molecule has 1 heterocycles. The van der Waals surface area contributed by atoms with Crippen molar-refractivity contribution in [3.05, 3.63) is 64.7 Å². The summed E-state index contributed by atoms with van der Waals surface area (Å²) < 4.78 is 10.7. The molecule has 2 aromatic carbocycles. The number of anilines is 1. The second-order valence-corrected chi connectivity index (χ2v) is 7.59. The minimum atomic E-state index is -0.888. The van der Waals surface area contributed by atoms with E-state index < -0.39 is 12.1 Å². The molecule has 0 aliphatic carbocycles. The largest absolute Gasteiger partial charge is 0.449 e. The Labute approximate surface area is 171 Å². The van der Waals surface area contributed by atoms with Gasteiger partial charge in [-0.25, -0.2) is 4.79 Å². The first kappa shape index (κ1) is 21.0. The summed E-state index contributed by atoms with van der Waals surface area (Å²) in [4.78, 5) is 26.3. The van der Waals surface area contributed by atoms with Crippen LogP contribution in [0.15, 0.2) is 42.5 Å². The zero-order valence-electron chi connectivity index (χ0n) is 17.3. The summed E-state index contributed by atoms with van der Waals surface area (Å²) in [6, 6.07) is 13.2. The van der Waals surface area contributed by atoms with Crippen molar-refractivity contribution in [2.24, 2.45) is 0 Å². The molecule has 0 spiro atoms. The van der Waals surface area contributed by atoms with Gasteiger partial charge >= 0.3 is 5.97 Å². The lowest BCUT2D eigenvalue weighted by Crippen LogP contribution is -3.12. The summed E-state index contributed by atoms with van der Waals surface area (Å²) in [6.07, 6.45) is -0.888. The molecule has 29 heavy (non-hydrogen) atoms. The molecular formula is C23H29N2O4+. The van der Waals surface area contributed by atoms with Crippen molar-refractivity contribution in [1.29, 1.82) is 0 Å². The van der Waals surface area contributed by atoms with Crippen LogP contribution in [0.3, 0.4) is 0 Å². The Hall–Kier alpha value is -2.70. The van der Waals surface area contributed by atoms with Crippen molar-refractivity contribution in [3.63, 3.8) is 0 Å². The van der Waals surface area contributed by atoms with Gasteiger partial charge in [-0.1, -0.05) is 29.8 Å². The normalized spacial score (nSPS) is 15.6. The van der Waals surface area contributed by atoms with Crippen molar-refractivity contribution in [2.45, 2.75) is 33.4 Å². The smallest absolute Gasteiger partial charge is 0.338 e. The van der Waals surface area contributed by atoms with Gasteiger partial charge in [0.2, 0.25) is 0 Å². The lowest BCUT2D eigenvalue weighted by Gasteiger charge is -2.23. The molecule has 0 bridgehead atoms. The van der Waals surface area contributed by atoms with Crippen LogP contribution >= 0.6 is 0 Å². The van der Waals surface area contributed by atoms with Crippen LogP contribution in [0.5, 0.6) is 0 Å². The highest BCUT2D eigenvalue weighted by Crippen LogP contribution is 2.17. The summed E-state index contributed by atoms with van der Waals surface area (Å²) in [7, 11) is 0. The number of benzene rings is 2. The molecule has 0 unspecified atom stereocenters. The van der Waals surface area contributed by atoms with Crippen LogP contribution in [0.2, 0.25) is 0 Å². The van der Waals surface area contributed by atoms with E-state index in [0.29, 0.717) is 5.56 Å². The number of carbonyl (C=O) groups is 2. The fraction of sp³-hybridized carbons (Fsp3) is 0.391. The van der Waals surface area contributed by atoms with Gasteiger partial charge in [-0.05, 0) is 44.5 Å². The standard InChI is InChI=1S/C23H28N2O4/c1-16-4-9-21(17(2)14-16)24-22(26)18(3)29-23(27)20-7-5-19(6-8-20)15-25-10-12-28-13-11-25/h4-9,14,18H,10-13,15H2,1-3H3,(H,24,26)/p+1/t18-/m1/s1. The molecule has 1 fully saturated rings. The molecule has 6 heteroatoms. The van der Waals surface area contributed by atoms with Gasteiger partial charge in [0.25, 0.3) is 5.91 Å². The summed E-state index contributed by atoms with van der Waals surface area (Å²) in [6.45, 7) is 9.99. The highest BCUT2D eigenvalue weighted by Gasteiger charge is 2.20. The van der Waals surface area contributed by atoms with Crippen LogP contribution in [-0.4, -0.2) is 44.3 Å². The van der Waals surface area contributed by atoms with Crippen molar-refractivity contribution in [1.82, 2.24) is 0 Å². The number of hydrogen-bond acceptors (Lipinski definition) is 4. The van der Waals surface area contributed by atoms with Gasteiger partial charge in [0.15, 0.2) is 6.10 Å². The third-order valence-corrected chi connectivity index (χ3v) is 5.14. The van der Waals surface area contributed by atoms with Crippen LogP contribution in [0.4, 0.5) is 5.69 Å². The average Bonchev–Trinajstić information content (AvgIpc) is 2.71. The zero-order valence-corrected chi connectivity index (χ0v) is 17.3. The van der Waals surface area contributed by atoms with Crippen LogP contribution in [-0.2, 0) is 20.8 Å². The third-order valence-electron chi connectivity index (χ3n) is 5.14. The minimum absolute atomic E-state index is 0.349. The Kier molecular flexibility index (Phi) is 7.01. The highest BCUT2D eigenvalue weighted by molar-refractivity contribution is 5.97. The molecule has 1 atom stereocenters. The second kappa shape index (κ2) is 9.67. The maximum Gasteiger partial charge on any atom is 0.338 e. The number of hydrogen-bond donors (Lipinski definition) is 2. The fourth-order valence-corrected chi connectivity index (χ4v) is 3.35. The first-order chi connectivity index (χ1) is 13.9. The fourth-order valence-electron chi connectivity index (χ4n) is 3.35. The molecule has 3 rings (SSSR count). The predicted molar refractivity (Wildman–Crippen MR) is 111 cm³/mol. The minimum Gasteiger partial charge on any atom is -0.449 e. The highest BCUT2D eigenvalue weighted by atomic mass is 16.5. The quantitative estimate of drug-likeness (QED) is 0.731. The maximum atomic E-state index is 12.4. The molecule has 1 aliphatic rings. The van der Waals surface area contributed by atoms with Crippen LogP contribution in [0.25, 0.3) is 0 Å². The Morgan fingerprint density at radius 1 is 1.10 bits per heavy atom. The van der Waals surface area contributed by atoms with Gasteiger partial charge in [0.1, 0.15) is 19.6 Å². The van der Waals surface area contributed by atoms with Gasteiger partial charge in [-0.15, -0.1) is 0 Å². The van der Waals surface area contributed by atoms with Crippen molar-refractivity contribution in [2.75, 3.05) is 31.6 Å². The van der Waals surface area contributed by atoms with E-state index in [2.05, 4.69) is 5.32 Å². The Morgan fingerprint density at radius 2 is 1.79 bits per heavy atom. The molecule has 1 aliphatic heterocycles. The van der Waals surface area contributed by atoms with Crippen molar-refractivity contribution < 1.29 is 24.0 Å². The van der Waals surface area contributed by atoms with E-state index >= 15 is 0 Å². The molecule has 154 valence electrons. The average molecular weight is 397 g/mol. The molecule has 1 saturated heterocycles. The maximum absolute atomic E-state index is 12.4. The van der Waals surface area contributed by atoms with Gasteiger partial charge in [0.05, 0.1) is 18.8 Å². The van der Waals surface area contributed by atoms with Gasteiger partial charge in [-0.2, -0.15) is 0 Å². The monoisotopic (exact) mass is 397 g/mol. The second-order valence-electron chi connectivity index (χ2n) is 7.59. The zero-order chi connectivity index (χ0) is 20.8. The Balaban J connectivity index is 1.53. The summed E-state index contributed by atoms with van der Waals surface area (Å²) in [5.74, 6) is -0.851. The van der Waals surface area contributed by atoms with Crippen molar-refractivity contribution >= 4 is 17.6 Å². The molecule has 0 aromatic heterocycles. The lowest BCUT2D eigenvalue weighted by molar-refractivity contribution is -0.921. The SMILES string of the molecule is Cc1ccc(NC(=O)[C@@H](C)OC(=O)c2ccc(C[NH+]3CCOCC3)cc2)c(C)c1. The number of nitrogens with one attached hydrogen (secondary N) is 2. The molecule has 0 saturated carbocycles. The molecule has 1 amide bonds. The van der Waals surface area contributed by atoms with E-state index in [-0.39, 0.29) is 5.91 Å². The van der Waals surface area contributed by atoms with E-state index in [0.717, 1.165) is 49.7 Å². The summed E-state index contributed by atoms with van der Waals surface area (Å²) in [5, 5.41) is 2.82. The topological polar surface area (TPSA) is 69.1 Å². The number of morpholine rings is 1. The number of ether oxygens (including phenoxy) is 2. The number of esters is 1. The number of rotatable bonds is 6. The van der Waals surface area contributed by atoms with E-state index in [1.165, 1.54) is 10.5 Å². The molecule has 6 nitrogen and oxygen atoms in total. The van der Waals surface area contributed by atoms with Gasteiger partial charge in [0, 0.05) is 11.3 Å². The van der Waals surface area contributed by atoms with E-state index in [9.17, 15) is 9.59 Å². The Bertz CT molecular complexity index is 858. The number of aryl methyl sites for hydroxylation is 2. The first-order valence-electron chi connectivity index (χ1n) is 10.0. The van der Waals surface area contributed by atoms with Crippen LogP contribution < -0.4 is 10.2 Å². The number of carbonyl (C=O) groups excluding carboxylic acids is 2. The summed E-state index contributed by atoms with van der Waals surface area (Å²) >= 11 is 0. The first-order valence-corrected chi connectivity index (χ1v) is 10.0. The lowest BCUT2D eigenvalue weighted by atomic mass is 10.1. The van der Waals surface area contributed by atoms with Crippen LogP contribution in [0.1, 0.15) is 34.0 Å². The Morgan fingerprint density at radius 3 is 2.45 bits per heavy atom. The van der Waals surface area contributed by atoms with E-state index in [1.54, 1.807) is 19.1 Å². The molecule has 2 N–H and O–H groups in total. The van der Waals surface area contributed by atoms with Gasteiger partial charge < -0.3 is 19.7 Å². The number of amides is 1.